The van der Waals surface area contributed by atoms with Gasteiger partial charge in [0.1, 0.15) is 0 Å². The van der Waals surface area contributed by atoms with Crippen LogP contribution in [0.5, 0.6) is 0 Å². The molecule has 1 N–H and O–H groups in total. The van der Waals surface area contributed by atoms with Gasteiger partial charge in [0.25, 0.3) is 0 Å². The number of rotatable bonds is 13. The molecule has 0 saturated carbocycles. The second-order valence-electron chi connectivity index (χ2n) is 11.9. The summed E-state index contributed by atoms with van der Waals surface area (Å²) in [7, 11) is -2.82. The van der Waals surface area contributed by atoms with E-state index in [2.05, 4.69) is 73.2 Å². The molecule has 45 heavy (non-hydrogen) atoms. The molecule has 232 valence electrons. The number of benzene rings is 5. The van der Waals surface area contributed by atoms with Crippen LogP contribution in [0.15, 0.2) is 142 Å². The second-order valence-corrected chi connectivity index (χ2v) is 16.9. The van der Waals surface area contributed by atoms with Gasteiger partial charge in [0, 0.05) is 0 Å². The first-order valence-corrected chi connectivity index (χ1v) is 19.7. The Morgan fingerprint density at radius 1 is 0.667 bits per heavy atom. The first-order chi connectivity index (χ1) is 21.8. The van der Waals surface area contributed by atoms with Crippen molar-refractivity contribution in [3.63, 3.8) is 0 Å². The van der Waals surface area contributed by atoms with Crippen LogP contribution >= 0.6 is 0 Å². The van der Waals surface area contributed by atoms with Gasteiger partial charge >= 0.3 is 282 Å². The van der Waals surface area contributed by atoms with Gasteiger partial charge in [-0.3, -0.25) is 0 Å². The van der Waals surface area contributed by atoms with E-state index in [9.17, 15) is 8.42 Å². The molecule has 5 aromatic rings. The van der Waals surface area contributed by atoms with Crippen LogP contribution in [0.3, 0.4) is 0 Å². The van der Waals surface area contributed by atoms with Crippen LogP contribution < -0.4 is 9.18 Å². The molecule has 5 aromatic carbocycles. The summed E-state index contributed by atoms with van der Waals surface area (Å²) in [5.41, 5.74) is 5.66. The SMILES string of the molecule is Cc1ccc(S(=O)N[C@H](c2ccc(CC(C)C)cc2)[C@@H](C[Se]c2ccccc2)c2ccccc2S(=O)c2ccc(C)cc2)cc1. The zero-order chi connectivity index (χ0) is 31.8. The van der Waals surface area contributed by atoms with E-state index < -0.39 is 21.8 Å². The molecular weight excluding hydrogens is 658 g/mol. The van der Waals surface area contributed by atoms with Crippen molar-refractivity contribution in [2.24, 2.45) is 5.92 Å². The van der Waals surface area contributed by atoms with E-state index in [1.54, 1.807) is 0 Å². The molecule has 2 unspecified atom stereocenters. The maximum atomic E-state index is 14.2. The molecule has 5 rings (SSSR count). The number of nitrogens with one attached hydrogen (secondary N) is 1. The van der Waals surface area contributed by atoms with Gasteiger partial charge in [-0.1, -0.05) is 0 Å². The Morgan fingerprint density at radius 3 is 1.87 bits per heavy atom. The van der Waals surface area contributed by atoms with Crippen LogP contribution in [-0.4, -0.2) is 23.4 Å². The van der Waals surface area contributed by atoms with E-state index in [0.717, 1.165) is 48.7 Å². The molecule has 4 atom stereocenters. The Balaban J connectivity index is 1.61. The Hall–Kier alpha value is -3.12. The third kappa shape index (κ3) is 9.00. The first-order valence-electron chi connectivity index (χ1n) is 15.4. The van der Waals surface area contributed by atoms with E-state index in [1.807, 2.05) is 86.6 Å². The van der Waals surface area contributed by atoms with Gasteiger partial charge in [0.15, 0.2) is 0 Å². The fraction of sp³-hybridized carbons (Fsp3) is 0.231. The molecular formula is C39H41NO2S2Se. The fourth-order valence-electron chi connectivity index (χ4n) is 5.37. The van der Waals surface area contributed by atoms with Gasteiger partial charge in [-0.2, -0.15) is 0 Å². The molecule has 0 aromatic heterocycles. The minimum absolute atomic E-state index is 0.0823. The summed E-state index contributed by atoms with van der Waals surface area (Å²) in [6, 6.07) is 43.0. The third-order valence-electron chi connectivity index (χ3n) is 7.78. The number of hydrogen-bond donors (Lipinski definition) is 1. The Bertz CT molecular complexity index is 1720. The molecule has 0 radical (unpaired) electrons. The summed E-state index contributed by atoms with van der Waals surface area (Å²) in [5, 5.41) is 0.843. The molecule has 0 aliphatic rings. The molecule has 0 spiro atoms. The van der Waals surface area contributed by atoms with E-state index in [4.69, 9.17) is 0 Å². The van der Waals surface area contributed by atoms with E-state index in [0.29, 0.717) is 5.92 Å². The van der Waals surface area contributed by atoms with E-state index in [-0.39, 0.29) is 26.9 Å². The van der Waals surface area contributed by atoms with Gasteiger partial charge in [-0.25, -0.2) is 0 Å². The van der Waals surface area contributed by atoms with Crippen molar-refractivity contribution in [1.82, 2.24) is 4.72 Å². The molecule has 0 aliphatic heterocycles. The average Bonchev–Trinajstić information content (AvgIpc) is 3.05. The predicted octanol–water partition coefficient (Wildman–Crippen LogP) is 8.25. The summed E-state index contributed by atoms with van der Waals surface area (Å²) in [4.78, 5) is 2.33. The van der Waals surface area contributed by atoms with Gasteiger partial charge < -0.3 is 0 Å². The normalized spacial score (nSPS) is 14.2. The monoisotopic (exact) mass is 699 g/mol. The molecule has 6 heteroatoms. The van der Waals surface area contributed by atoms with Crippen molar-refractivity contribution in [3.8, 4) is 0 Å². The van der Waals surface area contributed by atoms with Crippen molar-refractivity contribution >= 4 is 41.2 Å². The van der Waals surface area contributed by atoms with Crippen LogP contribution in [0.1, 0.15) is 53.6 Å². The average molecular weight is 699 g/mol. The molecule has 0 fully saturated rings. The van der Waals surface area contributed by atoms with Crippen molar-refractivity contribution in [2.75, 3.05) is 0 Å². The molecule has 0 aliphatic carbocycles. The first kappa shape index (κ1) is 33.2. The zero-order valence-corrected chi connectivity index (χ0v) is 29.7. The van der Waals surface area contributed by atoms with Crippen molar-refractivity contribution in [3.05, 3.63) is 155 Å². The van der Waals surface area contributed by atoms with Gasteiger partial charge in [0.05, 0.1) is 0 Å². The summed E-state index contributed by atoms with van der Waals surface area (Å²) in [6.07, 6.45) is 1.01. The van der Waals surface area contributed by atoms with Crippen LogP contribution in [0, 0.1) is 19.8 Å². The van der Waals surface area contributed by atoms with Crippen LogP contribution in [0.25, 0.3) is 0 Å². The van der Waals surface area contributed by atoms with E-state index >= 15 is 0 Å². The van der Waals surface area contributed by atoms with Gasteiger partial charge in [-0.15, -0.1) is 0 Å². The summed E-state index contributed by atoms with van der Waals surface area (Å²) < 4.78 is 33.0. The molecule has 0 heterocycles. The summed E-state index contributed by atoms with van der Waals surface area (Å²) in [5.74, 6) is 0.477. The Kier molecular flexibility index (Phi) is 11.8. The maximum absolute atomic E-state index is 14.2. The van der Waals surface area contributed by atoms with Crippen LogP contribution in [0.2, 0.25) is 5.32 Å². The second kappa shape index (κ2) is 15.9. The van der Waals surface area contributed by atoms with Crippen molar-refractivity contribution in [2.45, 2.75) is 66.1 Å². The quantitative estimate of drug-likeness (QED) is 0.126. The van der Waals surface area contributed by atoms with Gasteiger partial charge in [-0.05, 0) is 0 Å². The zero-order valence-electron chi connectivity index (χ0n) is 26.3. The van der Waals surface area contributed by atoms with Crippen molar-refractivity contribution < 1.29 is 8.42 Å². The summed E-state index contributed by atoms with van der Waals surface area (Å²) in [6.45, 7) is 8.54. The Morgan fingerprint density at radius 2 is 1.24 bits per heavy atom. The molecule has 0 saturated heterocycles. The topological polar surface area (TPSA) is 46.2 Å². The van der Waals surface area contributed by atoms with Crippen LogP contribution in [-0.2, 0) is 28.2 Å². The molecule has 0 amide bonds. The number of hydrogen-bond acceptors (Lipinski definition) is 2. The van der Waals surface area contributed by atoms with E-state index in [1.165, 1.54) is 10.0 Å². The Labute approximate surface area is 280 Å². The fourth-order valence-corrected chi connectivity index (χ4v) is 9.99. The third-order valence-corrected chi connectivity index (χ3v) is 12.8. The standard InChI is InChI=1S/C39H41NO2S2Se/c1-28(2)26-31-18-20-32(21-19-31)39(40-44(42)34-24-16-30(4)17-25-34)37(27-45-35-10-6-5-7-11-35)36-12-8-9-13-38(36)43(41)33-22-14-29(3)15-23-33/h5-25,28,37,39-40H,26-27H2,1-4H3/t37-,39+,43?,44?/m0/s1. The minimum atomic E-state index is -1.45. The predicted molar refractivity (Wildman–Crippen MR) is 190 cm³/mol. The van der Waals surface area contributed by atoms with Gasteiger partial charge in [0.2, 0.25) is 0 Å². The van der Waals surface area contributed by atoms with Crippen molar-refractivity contribution in [1.29, 1.82) is 0 Å². The molecule has 3 nitrogen and oxygen atoms in total. The number of aryl methyl sites for hydroxylation is 2. The van der Waals surface area contributed by atoms with Crippen LogP contribution in [0.4, 0.5) is 0 Å². The molecule has 0 bridgehead atoms. The summed E-state index contributed by atoms with van der Waals surface area (Å²) >= 11 is 0.132.